The molecule has 8 nitrogen and oxygen atoms in total. The molecule has 1 saturated heterocycles. The zero-order valence-corrected chi connectivity index (χ0v) is 18.0. The van der Waals surface area contributed by atoms with Crippen molar-refractivity contribution < 1.29 is 13.6 Å². The monoisotopic (exact) mass is 453 g/mol. The number of rotatable bonds is 7. The van der Waals surface area contributed by atoms with E-state index < -0.39 is 17.7 Å². The Balaban J connectivity index is 1.20. The molecule has 3 heterocycles. The summed E-state index contributed by atoms with van der Waals surface area (Å²) in [5, 5.41) is 13.6. The lowest BCUT2D eigenvalue weighted by Crippen LogP contribution is -2.29. The van der Waals surface area contributed by atoms with E-state index in [0.29, 0.717) is 12.0 Å². The number of carbonyl (C=O) groups excluding carboxylic acids is 1. The Labute approximate surface area is 189 Å². The molecule has 3 N–H and O–H groups in total. The second kappa shape index (κ2) is 8.86. The number of benzene rings is 1. The van der Waals surface area contributed by atoms with Crippen molar-refractivity contribution in [3.05, 3.63) is 54.5 Å². The highest BCUT2D eigenvalue weighted by Crippen LogP contribution is 2.48. The SMILES string of the molecule is O=C(NCc1ccc(-c2ccnc(Nc3cnn(C4CCNCC4)c3)n2)cc1)[C@@H]1CC1(F)F. The Morgan fingerprint density at radius 1 is 1.18 bits per heavy atom. The fourth-order valence-corrected chi connectivity index (χ4v) is 3.99. The molecule has 1 saturated carbocycles. The Morgan fingerprint density at radius 3 is 2.67 bits per heavy atom. The molecule has 2 fully saturated rings. The molecule has 0 spiro atoms. The first-order chi connectivity index (χ1) is 16.0. The van der Waals surface area contributed by atoms with Gasteiger partial charge in [0, 0.05) is 30.9 Å². The summed E-state index contributed by atoms with van der Waals surface area (Å²) in [5.41, 5.74) is 3.29. The zero-order valence-electron chi connectivity index (χ0n) is 18.0. The summed E-state index contributed by atoms with van der Waals surface area (Å²) in [6.07, 6.45) is 7.19. The van der Waals surface area contributed by atoms with E-state index in [0.717, 1.165) is 48.4 Å². The van der Waals surface area contributed by atoms with Crippen LogP contribution in [0.3, 0.4) is 0 Å². The summed E-state index contributed by atoms with van der Waals surface area (Å²) in [6.45, 7) is 2.21. The highest BCUT2D eigenvalue weighted by atomic mass is 19.3. The van der Waals surface area contributed by atoms with Gasteiger partial charge in [0.1, 0.15) is 5.92 Å². The molecule has 2 aliphatic rings. The number of halogens is 2. The van der Waals surface area contributed by atoms with Gasteiger partial charge in [0.15, 0.2) is 0 Å². The molecule has 1 amide bonds. The largest absolute Gasteiger partial charge is 0.352 e. The Bertz CT molecular complexity index is 1130. The first-order valence-electron chi connectivity index (χ1n) is 11.1. The molecule has 0 bridgehead atoms. The summed E-state index contributed by atoms with van der Waals surface area (Å²) in [6, 6.07) is 9.68. The second-order valence-electron chi connectivity index (χ2n) is 8.51. The van der Waals surface area contributed by atoms with Crippen LogP contribution in [-0.2, 0) is 11.3 Å². The van der Waals surface area contributed by atoms with Crippen molar-refractivity contribution in [2.75, 3.05) is 18.4 Å². The lowest BCUT2D eigenvalue weighted by Gasteiger charge is -2.22. The number of carbonyl (C=O) groups is 1. The van der Waals surface area contributed by atoms with Crippen LogP contribution in [0.4, 0.5) is 20.4 Å². The normalized spacial score (nSPS) is 19.8. The van der Waals surface area contributed by atoms with Crippen LogP contribution in [0, 0.1) is 5.92 Å². The number of alkyl halides is 2. The zero-order chi connectivity index (χ0) is 22.8. The van der Waals surface area contributed by atoms with E-state index in [1.807, 2.05) is 41.2 Å². The molecule has 3 aromatic rings. The van der Waals surface area contributed by atoms with E-state index in [9.17, 15) is 13.6 Å². The number of amides is 1. The van der Waals surface area contributed by atoms with Crippen molar-refractivity contribution in [1.82, 2.24) is 30.4 Å². The van der Waals surface area contributed by atoms with Crippen LogP contribution in [0.2, 0.25) is 0 Å². The van der Waals surface area contributed by atoms with Crippen molar-refractivity contribution in [3.63, 3.8) is 0 Å². The van der Waals surface area contributed by atoms with Crippen LogP contribution in [0.15, 0.2) is 48.9 Å². The quantitative estimate of drug-likeness (QED) is 0.508. The first-order valence-corrected chi connectivity index (χ1v) is 11.1. The standard InChI is InChI=1S/C23H25F2N7O/c24-23(25)11-19(23)21(33)28-12-15-1-3-16(4-2-15)20-7-10-27-22(31-20)30-17-13-29-32(14-17)18-5-8-26-9-6-18/h1-4,7,10,13-14,18-19,26H,5-6,8-9,11-12H2,(H,28,33)(H,27,30,31)/t19-/m0/s1. The minimum Gasteiger partial charge on any atom is -0.352 e. The molecule has 1 aliphatic heterocycles. The molecular weight excluding hydrogens is 428 g/mol. The van der Waals surface area contributed by atoms with Gasteiger partial charge in [0.2, 0.25) is 11.9 Å². The van der Waals surface area contributed by atoms with Crippen LogP contribution in [0.1, 0.15) is 30.9 Å². The summed E-state index contributed by atoms with van der Waals surface area (Å²) in [4.78, 5) is 20.6. The van der Waals surface area contributed by atoms with E-state index in [2.05, 4.69) is 31.0 Å². The van der Waals surface area contributed by atoms with Crippen molar-refractivity contribution in [2.45, 2.75) is 37.8 Å². The average Bonchev–Trinajstić information content (AvgIpc) is 3.24. The fraction of sp³-hybridized carbons (Fsp3) is 0.391. The third-order valence-electron chi connectivity index (χ3n) is 6.05. The van der Waals surface area contributed by atoms with E-state index in [1.54, 1.807) is 12.4 Å². The average molecular weight is 453 g/mol. The Morgan fingerprint density at radius 2 is 1.94 bits per heavy atom. The maximum absolute atomic E-state index is 13.0. The van der Waals surface area contributed by atoms with Crippen molar-refractivity contribution in [1.29, 1.82) is 0 Å². The van der Waals surface area contributed by atoms with Gasteiger partial charge in [-0.3, -0.25) is 9.48 Å². The van der Waals surface area contributed by atoms with Crippen molar-refractivity contribution in [3.8, 4) is 11.3 Å². The highest BCUT2D eigenvalue weighted by molar-refractivity contribution is 5.82. The maximum Gasteiger partial charge on any atom is 0.260 e. The van der Waals surface area contributed by atoms with Gasteiger partial charge in [0.05, 0.1) is 23.6 Å². The molecule has 1 atom stereocenters. The van der Waals surface area contributed by atoms with E-state index in [-0.39, 0.29) is 13.0 Å². The van der Waals surface area contributed by atoms with Gasteiger partial charge in [-0.2, -0.15) is 5.10 Å². The summed E-state index contributed by atoms with van der Waals surface area (Å²) >= 11 is 0. The molecule has 33 heavy (non-hydrogen) atoms. The molecule has 0 radical (unpaired) electrons. The van der Waals surface area contributed by atoms with Gasteiger partial charge < -0.3 is 16.0 Å². The highest BCUT2D eigenvalue weighted by Gasteiger charge is 2.61. The van der Waals surface area contributed by atoms with Crippen LogP contribution in [0.5, 0.6) is 0 Å². The minimum absolute atomic E-state index is 0.212. The summed E-state index contributed by atoms with van der Waals surface area (Å²) in [7, 11) is 0. The van der Waals surface area contributed by atoms with Gasteiger partial charge >= 0.3 is 0 Å². The van der Waals surface area contributed by atoms with Gasteiger partial charge in [-0.15, -0.1) is 0 Å². The van der Waals surface area contributed by atoms with Gasteiger partial charge in [-0.25, -0.2) is 18.7 Å². The number of piperidine rings is 1. The minimum atomic E-state index is -2.85. The molecule has 0 unspecified atom stereocenters. The molecule has 1 aromatic carbocycles. The van der Waals surface area contributed by atoms with Crippen LogP contribution in [0.25, 0.3) is 11.3 Å². The van der Waals surface area contributed by atoms with Crippen LogP contribution < -0.4 is 16.0 Å². The second-order valence-corrected chi connectivity index (χ2v) is 8.51. The number of hydrogen-bond acceptors (Lipinski definition) is 6. The molecule has 172 valence electrons. The van der Waals surface area contributed by atoms with Gasteiger partial charge in [-0.05, 0) is 37.6 Å². The van der Waals surface area contributed by atoms with Crippen LogP contribution in [-0.4, -0.2) is 44.7 Å². The number of nitrogens with one attached hydrogen (secondary N) is 3. The van der Waals surface area contributed by atoms with Crippen molar-refractivity contribution >= 4 is 17.5 Å². The molecular formula is C23H25F2N7O. The lowest BCUT2D eigenvalue weighted by molar-refractivity contribution is -0.124. The number of anilines is 2. The lowest BCUT2D eigenvalue weighted by atomic mass is 10.1. The van der Waals surface area contributed by atoms with Crippen molar-refractivity contribution in [2.24, 2.45) is 5.92 Å². The summed E-state index contributed by atoms with van der Waals surface area (Å²) < 4.78 is 28.0. The Hall–Kier alpha value is -3.40. The van der Waals surface area contributed by atoms with E-state index >= 15 is 0 Å². The number of nitrogens with zero attached hydrogens (tertiary/aromatic N) is 4. The molecule has 10 heteroatoms. The van der Waals surface area contributed by atoms with Crippen LogP contribution >= 0.6 is 0 Å². The summed E-state index contributed by atoms with van der Waals surface area (Å²) in [5.74, 6) is -4.16. The topological polar surface area (TPSA) is 96.8 Å². The van der Waals surface area contributed by atoms with E-state index in [1.165, 1.54) is 0 Å². The van der Waals surface area contributed by atoms with Gasteiger partial charge in [0.25, 0.3) is 5.92 Å². The molecule has 2 aromatic heterocycles. The Kier molecular flexibility index (Phi) is 5.76. The predicted octanol–water partition coefficient (Wildman–Crippen LogP) is 3.28. The predicted molar refractivity (Wildman–Crippen MR) is 119 cm³/mol. The fourth-order valence-electron chi connectivity index (χ4n) is 3.99. The first kappa shape index (κ1) is 21.4. The molecule has 1 aliphatic carbocycles. The maximum atomic E-state index is 13.0. The van der Waals surface area contributed by atoms with E-state index in [4.69, 9.17) is 0 Å². The smallest absolute Gasteiger partial charge is 0.260 e. The third kappa shape index (κ3) is 5.00. The number of hydrogen-bond donors (Lipinski definition) is 3. The van der Waals surface area contributed by atoms with Gasteiger partial charge in [-0.1, -0.05) is 24.3 Å². The number of aromatic nitrogens is 4. The third-order valence-corrected chi connectivity index (χ3v) is 6.05. The molecule has 5 rings (SSSR count).